The van der Waals surface area contributed by atoms with Gasteiger partial charge in [0, 0.05) is 64.2 Å². The summed E-state index contributed by atoms with van der Waals surface area (Å²) in [4.78, 5) is 106. The fraction of sp³-hybridized carbons (Fsp3) is 0.533. The lowest BCUT2D eigenvalue weighted by atomic mass is 10.1. The lowest BCUT2D eigenvalue weighted by Crippen LogP contribution is -2.52. The summed E-state index contributed by atoms with van der Waals surface area (Å²) >= 11 is 0. The lowest BCUT2D eigenvalue weighted by molar-refractivity contribution is -0.141. The number of nitrogens with two attached hydrogens (primary N) is 2. The van der Waals surface area contributed by atoms with E-state index >= 15 is 0 Å². The monoisotopic (exact) mass is 694 g/mol. The SMILES string of the molecule is CC(C)C(=O)N1CCN(C(=O)Cn2cnc3c(=O)[nH]c(N)nc32)CCN(C(=O)C(C)C)CCN(C(=O)Cn2cnc3c(=O)[nH]c(N)nc32)CC1. The van der Waals surface area contributed by atoms with Crippen LogP contribution in [-0.2, 0) is 32.3 Å². The number of hydrogen-bond acceptors (Lipinski definition) is 12. The van der Waals surface area contributed by atoms with Gasteiger partial charge in [0.15, 0.2) is 22.3 Å². The van der Waals surface area contributed by atoms with Gasteiger partial charge in [0.05, 0.1) is 12.7 Å². The van der Waals surface area contributed by atoms with E-state index in [1.165, 1.54) is 21.8 Å². The maximum atomic E-state index is 13.8. The van der Waals surface area contributed by atoms with Crippen LogP contribution in [0.4, 0.5) is 11.9 Å². The molecule has 1 saturated heterocycles. The number of aromatic nitrogens is 8. The van der Waals surface area contributed by atoms with E-state index in [1.54, 1.807) is 47.3 Å². The molecule has 20 heteroatoms. The Bertz CT molecular complexity index is 1870. The second-order valence-corrected chi connectivity index (χ2v) is 12.7. The molecule has 0 unspecified atom stereocenters. The number of nitrogens with one attached hydrogen (secondary N) is 2. The fourth-order valence-electron chi connectivity index (χ4n) is 5.75. The Morgan fingerprint density at radius 2 is 0.940 bits per heavy atom. The van der Waals surface area contributed by atoms with Crippen molar-refractivity contribution in [2.45, 2.75) is 40.8 Å². The number of carbonyl (C=O) groups excluding carboxylic acids is 4. The highest BCUT2D eigenvalue weighted by molar-refractivity contribution is 5.82. The summed E-state index contributed by atoms with van der Waals surface area (Å²) in [6, 6.07) is 0. The lowest BCUT2D eigenvalue weighted by Gasteiger charge is -2.35. The van der Waals surface area contributed by atoms with Crippen LogP contribution in [0.3, 0.4) is 0 Å². The van der Waals surface area contributed by atoms with Crippen molar-refractivity contribution in [2.24, 2.45) is 11.8 Å². The highest BCUT2D eigenvalue weighted by Gasteiger charge is 2.27. The molecule has 20 nitrogen and oxygen atoms in total. The van der Waals surface area contributed by atoms with Crippen LogP contribution >= 0.6 is 0 Å². The maximum absolute atomic E-state index is 13.8. The van der Waals surface area contributed by atoms with Crippen molar-refractivity contribution in [3.05, 3.63) is 33.4 Å². The zero-order valence-corrected chi connectivity index (χ0v) is 28.5. The van der Waals surface area contributed by atoms with Gasteiger partial charge >= 0.3 is 0 Å². The normalized spacial score (nSPS) is 15.2. The van der Waals surface area contributed by atoms with Crippen molar-refractivity contribution in [3.63, 3.8) is 0 Å². The van der Waals surface area contributed by atoms with Crippen LogP contribution in [0.2, 0.25) is 0 Å². The van der Waals surface area contributed by atoms with E-state index in [9.17, 15) is 28.8 Å². The second kappa shape index (κ2) is 14.7. The maximum Gasteiger partial charge on any atom is 0.280 e. The third-order valence-corrected chi connectivity index (χ3v) is 8.47. The van der Waals surface area contributed by atoms with Crippen LogP contribution < -0.4 is 22.6 Å². The number of amides is 4. The predicted octanol–water partition coefficient (Wildman–Crippen LogP) is -1.94. The standard InChI is InChI=1S/C30H42N14O6/c1-17(2)27(49)41-9-5-39(19(45)13-43-15-33-21-23(43)35-29(31)37-25(21)47)7-11-42(28(50)18(3)4)12-8-40(6-10-41)20(46)14-44-16-34-22-24(44)36-30(32)38-26(22)48/h15-18H,5-14H2,1-4H3,(H3,31,35,37,47)(H3,32,36,38,48). The molecule has 1 fully saturated rings. The number of imidazole rings is 2. The van der Waals surface area contributed by atoms with Crippen molar-refractivity contribution in [3.8, 4) is 0 Å². The summed E-state index contributed by atoms with van der Waals surface area (Å²) in [6.07, 6.45) is 2.68. The molecule has 0 spiro atoms. The summed E-state index contributed by atoms with van der Waals surface area (Å²) in [6.45, 7) is 7.88. The van der Waals surface area contributed by atoms with E-state index < -0.39 is 11.1 Å². The highest BCUT2D eigenvalue weighted by atomic mass is 16.2. The van der Waals surface area contributed by atoms with E-state index in [0.717, 1.165) is 0 Å². The second-order valence-electron chi connectivity index (χ2n) is 12.7. The van der Waals surface area contributed by atoms with Crippen LogP contribution in [0.1, 0.15) is 27.7 Å². The predicted molar refractivity (Wildman–Crippen MR) is 181 cm³/mol. The Kier molecular flexibility index (Phi) is 10.5. The van der Waals surface area contributed by atoms with Crippen LogP contribution in [0.5, 0.6) is 0 Å². The first-order chi connectivity index (χ1) is 23.7. The van der Waals surface area contributed by atoms with Crippen LogP contribution in [-0.4, -0.2) is 135 Å². The first-order valence-corrected chi connectivity index (χ1v) is 16.3. The Morgan fingerprint density at radius 1 is 0.620 bits per heavy atom. The molecule has 0 atom stereocenters. The van der Waals surface area contributed by atoms with Crippen LogP contribution in [0, 0.1) is 11.8 Å². The fourth-order valence-corrected chi connectivity index (χ4v) is 5.75. The van der Waals surface area contributed by atoms with Crippen molar-refractivity contribution in [1.82, 2.24) is 58.6 Å². The van der Waals surface area contributed by atoms with Crippen molar-refractivity contribution in [1.29, 1.82) is 0 Å². The van der Waals surface area contributed by atoms with Gasteiger partial charge in [-0.25, -0.2) is 9.97 Å². The number of nitrogens with zero attached hydrogens (tertiary/aromatic N) is 10. The van der Waals surface area contributed by atoms with Gasteiger partial charge in [-0.1, -0.05) is 27.7 Å². The number of aromatic amines is 2. The molecule has 50 heavy (non-hydrogen) atoms. The van der Waals surface area contributed by atoms with Gasteiger partial charge in [0.2, 0.25) is 35.5 Å². The topological polar surface area (TPSA) is 260 Å². The zero-order valence-electron chi connectivity index (χ0n) is 28.5. The average molecular weight is 695 g/mol. The van der Waals surface area contributed by atoms with Crippen molar-refractivity contribution in [2.75, 3.05) is 63.8 Å². The van der Waals surface area contributed by atoms with Gasteiger partial charge in [-0.2, -0.15) is 9.97 Å². The minimum Gasteiger partial charge on any atom is -0.369 e. The summed E-state index contributed by atoms with van der Waals surface area (Å²) in [5, 5.41) is 0. The van der Waals surface area contributed by atoms with Gasteiger partial charge in [0.25, 0.3) is 11.1 Å². The summed E-state index contributed by atoms with van der Waals surface area (Å²) in [7, 11) is 0. The van der Waals surface area contributed by atoms with Gasteiger partial charge in [-0.3, -0.25) is 38.7 Å². The summed E-state index contributed by atoms with van der Waals surface area (Å²) < 4.78 is 2.86. The zero-order chi connectivity index (χ0) is 36.3. The Balaban J connectivity index is 1.40. The molecule has 4 amide bonds. The first kappa shape index (κ1) is 35.5. The van der Waals surface area contributed by atoms with Crippen molar-refractivity contribution >= 4 is 57.9 Å². The highest BCUT2D eigenvalue weighted by Crippen LogP contribution is 2.12. The summed E-state index contributed by atoms with van der Waals surface area (Å²) in [5.41, 5.74) is 10.8. The minimum absolute atomic E-state index is 0.0393. The molecule has 0 aromatic carbocycles. The molecule has 5 rings (SSSR count). The van der Waals surface area contributed by atoms with E-state index in [0.29, 0.717) is 0 Å². The molecule has 0 bridgehead atoms. The molecule has 6 N–H and O–H groups in total. The van der Waals surface area contributed by atoms with Gasteiger partial charge in [0.1, 0.15) is 13.1 Å². The van der Waals surface area contributed by atoms with Gasteiger partial charge in [-0.05, 0) is 0 Å². The molecule has 4 aromatic heterocycles. The molecule has 0 aliphatic carbocycles. The van der Waals surface area contributed by atoms with E-state index in [4.69, 9.17) is 11.5 Å². The first-order valence-electron chi connectivity index (χ1n) is 16.3. The number of carbonyl (C=O) groups is 4. The van der Waals surface area contributed by atoms with Gasteiger partial charge in [-0.15, -0.1) is 0 Å². The number of nitrogen functional groups attached to an aromatic ring is 2. The number of H-pyrrole nitrogens is 2. The smallest absolute Gasteiger partial charge is 0.280 e. The molecule has 0 saturated carbocycles. The average Bonchev–Trinajstić information content (AvgIpc) is 3.64. The molecule has 1 aliphatic rings. The molecule has 1 aliphatic heterocycles. The number of rotatable bonds is 6. The molecule has 4 aromatic rings. The van der Waals surface area contributed by atoms with Crippen molar-refractivity contribution < 1.29 is 19.2 Å². The third kappa shape index (κ3) is 7.73. The summed E-state index contributed by atoms with van der Waals surface area (Å²) in [5.74, 6) is -1.92. The van der Waals surface area contributed by atoms with Gasteiger partial charge < -0.3 is 40.2 Å². The van der Waals surface area contributed by atoms with Crippen LogP contribution in [0.15, 0.2) is 22.2 Å². The number of fused-ring (bicyclic) bond motifs is 2. The Morgan fingerprint density at radius 3 is 1.26 bits per heavy atom. The Hall–Kier alpha value is -5.82. The number of anilines is 2. The molecule has 5 heterocycles. The van der Waals surface area contributed by atoms with E-state index in [1.807, 2.05) is 0 Å². The number of hydrogen-bond donors (Lipinski definition) is 4. The molecular weight excluding hydrogens is 652 g/mol. The quantitative estimate of drug-likeness (QED) is 0.172. The molecular formula is C30H42N14O6. The largest absolute Gasteiger partial charge is 0.369 e. The Labute approximate surface area is 285 Å². The van der Waals surface area contributed by atoms with E-state index in [-0.39, 0.29) is 135 Å². The van der Waals surface area contributed by atoms with E-state index in [2.05, 4.69) is 29.9 Å². The van der Waals surface area contributed by atoms with Crippen LogP contribution in [0.25, 0.3) is 22.3 Å². The third-order valence-electron chi connectivity index (χ3n) is 8.47. The minimum atomic E-state index is -0.529. The molecule has 268 valence electrons. The molecule has 0 radical (unpaired) electrons.